The molecular weight excluding hydrogens is 304 g/mol. The summed E-state index contributed by atoms with van der Waals surface area (Å²) in [4.78, 5) is 8.99. The van der Waals surface area contributed by atoms with Gasteiger partial charge in [-0.05, 0) is 50.5 Å². The lowest BCUT2D eigenvalue weighted by Crippen LogP contribution is -2.28. The molecule has 0 radical (unpaired) electrons. The van der Waals surface area contributed by atoms with Crippen LogP contribution in [-0.4, -0.2) is 44.0 Å². The van der Waals surface area contributed by atoms with E-state index in [-0.39, 0.29) is 6.10 Å². The van der Waals surface area contributed by atoms with Crippen LogP contribution in [0.25, 0.3) is 11.3 Å². The molecule has 4 N–H and O–H groups in total. The Morgan fingerprint density at radius 1 is 1.17 bits per heavy atom. The van der Waals surface area contributed by atoms with Crippen LogP contribution >= 0.6 is 0 Å². The van der Waals surface area contributed by atoms with E-state index in [1.165, 1.54) is 12.8 Å². The zero-order chi connectivity index (χ0) is 16.4. The molecule has 2 aromatic rings. The van der Waals surface area contributed by atoms with Crippen LogP contribution in [0.15, 0.2) is 18.5 Å². The normalized spacial score (nSPS) is 23.9. The smallest absolute Gasteiger partial charge is 0.223 e. The fraction of sp³-hybridized carbons (Fsp3) is 0.588. The first kappa shape index (κ1) is 15.4. The minimum absolute atomic E-state index is 0.152. The molecule has 4 rings (SSSR count). The number of H-pyrrole nitrogens is 1. The van der Waals surface area contributed by atoms with Crippen LogP contribution in [0.4, 0.5) is 11.8 Å². The molecule has 2 fully saturated rings. The largest absolute Gasteiger partial charge is 0.393 e. The number of aliphatic hydroxyl groups is 1. The molecular formula is C17H24N6O. The number of aromatic nitrogens is 4. The first-order chi connectivity index (χ1) is 11.8. The minimum atomic E-state index is -0.152. The lowest BCUT2D eigenvalue weighted by Gasteiger charge is -2.26. The molecule has 0 amide bonds. The number of hydrogen-bond acceptors (Lipinski definition) is 6. The van der Waals surface area contributed by atoms with Gasteiger partial charge in [0.15, 0.2) is 0 Å². The maximum Gasteiger partial charge on any atom is 0.223 e. The summed E-state index contributed by atoms with van der Waals surface area (Å²) >= 11 is 0. The Labute approximate surface area is 141 Å². The average molecular weight is 328 g/mol. The maximum atomic E-state index is 9.61. The molecule has 2 aliphatic rings. The predicted octanol–water partition coefficient (Wildman–Crippen LogP) is 2.40. The monoisotopic (exact) mass is 328 g/mol. The van der Waals surface area contributed by atoms with E-state index in [9.17, 15) is 5.11 Å². The summed E-state index contributed by atoms with van der Waals surface area (Å²) in [5, 5.41) is 23.6. The summed E-state index contributed by atoms with van der Waals surface area (Å²) in [5.74, 6) is 2.36. The van der Waals surface area contributed by atoms with Crippen molar-refractivity contribution in [3.8, 4) is 11.3 Å². The Morgan fingerprint density at radius 2 is 2.00 bits per heavy atom. The van der Waals surface area contributed by atoms with Crippen LogP contribution in [0.5, 0.6) is 0 Å². The van der Waals surface area contributed by atoms with Gasteiger partial charge in [-0.15, -0.1) is 0 Å². The third kappa shape index (κ3) is 3.67. The minimum Gasteiger partial charge on any atom is -0.393 e. The van der Waals surface area contributed by atoms with Gasteiger partial charge in [-0.1, -0.05) is 0 Å². The molecule has 24 heavy (non-hydrogen) atoms. The summed E-state index contributed by atoms with van der Waals surface area (Å²) in [7, 11) is 0. The van der Waals surface area contributed by atoms with Crippen molar-refractivity contribution < 1.29 is 5.11 Å². The summed E-state index contributed by atoms with van der Waals surface area (Å²) in [6.07, 6.45) is 9.65. The Hall–Kier alpha value is -2.15. The molecule has 0 spiro atoms. The fourth-order valence-corrected chi connectivity index (χ4v) is 3.16. The lowest BCUT2D eigenvalue weighted by atomic mass is 9.93. The predicted molar refractivity (Wildman–Crippen MR) is 92.7 cm³/mol. The molecule has 2 saturated carbocycles. The number of nitrogens with zero attached hydrogens (tertiary/aromatic N) is 3. The van der Waals surface area contributed by atoms with E-state index in [0.29, 0.717) is 12.0 Å². The van der Waals surface area contributed by atoms with E-state index in [0.717, 1.165) is 55.2 Å². The number of aliphatic hydroxyl groups excluding tert-OH is 1. The first-order valence-electron chi connectivity index (χ1n) is 8.83. The van der Waals surface area contributed by atoms with Gasteiger partial charge in [-0.2, -0.15) is 5.10 Å². The fourth-order valence-electron chi connectivity index (χ4n) is 3.16. The van der Waals surface area contributed by atoms with Crippen molar-refractivity contribution in [1.82, 2.24) is 20.2 Å². The van der Waals surface area contributed by atoms with Crippen molar-refractivity contribution in [2.75, 3.05) is 17.2 Å². The van der Waals surface area contributed by atoms with Crippen molar-refractivity contribution in [3.63, 3.8) is 0 Å². The molecule has 2 aliphatic carbocycles. The van der Waals surface area contributed by atoms with E-state index < -0.39 is 0 Å². The average Bonchev–Trinajstić information content (AvgIpc) is 3.31. The molecule has 0 aliphatic heterocycles. The highest BCUT2D eigenvalue weighted by molar-refractivity contribution is 5.72. The Bertz CT molecular complexity index is 675. The Morgan fingerprint density at radius 3 is 2.79 bits per heavy atom. The van der Waals surface area contributed by atoms with Gasteiger partial charge >= 0.3 is 0 Å². The molecule has 7 nitrogen and oxygen atoms in total. The van der Waals surface area contributed by atoms with E-state index in [1.54, 1.807) is 12.4 Å². The highest BCUT2D eigenvalue weighted by Gasteiger charge is 2.22. The number of rotatable bonds is 6. The molecule has 0 aromatic carbocycles. The highest BCUT2D eigenvalue weighted by Crippen LogP contribution is 2.31. The molecule has 2 aromatic heterocycles. The topological polar surface area (TPSA) is 98.8 Å². The third-order valence-corrected chi connectivity index (χ3v) is 4.87. The van der Waals surface area contributed by atoms with E-state index in [1.807, 2.05) is 6.07 Å². The second kappa shape index (κ2) is 6.76. The third-order valence-electron chi connectivity index (χ3n) is 4.87. The molecule has 128 valence electrons. The molecule has 0 saturated heterocycles. The Kier molecular flexibility index (Phi) is 4.34. The number of aromatic amines is 1. The van der Waals surface area contributed by atoms with Crippen molar-refractivity contribution in [1.29, 1.82) is 0 Å². The first-order valence-corrected chi connectivity index (χ1v) is 8.83. The molecule has 2 heterocycles. The van der Waals surface area contributed by atoms with Crippen LogP contribution in [0.2, 0.25) is 0 Å². The maximum absolute atomic E-state index is 9.61. The molecule has 0 atom stereocenters. The summed E-state index contributed by atoms with van der Waals surface area (Å²) in [5.41, 5.74) is 1.83. The SMILES string of the molecule is OC1CCC(Nc2nccc(-c3cn[nH]c3NCC3CC3)n2)CC1. The van der Waals surface area contributed by atoms with Crippen LogP contribution in [0, 0.1) is 5.92 Å². The van der Waals surface area contributed by atoms with Gasteiger partial charge in [0.1, 0.15) is 5.82 Å². The van der Waals surface area contributed by atoms with Crippen LogP contribution in [0.1, 0.15) is 38.5 Å². The van der Waals surface area contributed by atoms with E-state index in [2.05, 4.69) is 30.8 Å². The zero-order valence-corrected chi connectivity index (χ0v) is 13.7. The van der Waals surface area contributed by atoms with Gasteiger partial charge in [-0.3, -0.25) is 5.10 Å². The van der Waals surface area contributed by atoms with Gasteiger partial charge in [0.05, 0.1) is 23.6 Å². The van der Waals surface area contributed by atoms with Gasteiger partial charge in [-0.25, -0.2) is 9.97 Å². The summed E-state index contributed by atoms with van der Waals surface area (Å²) in [6, 6.07) is 2.24. The standard InChI is InChI=1S/C17H24N6O/c24-13-5-3-12(4-6-13)21-17-18-8-7-15(22-17)14-10-20-23-16(14)19-9-11-1-2-11/h7-8,10-13,24H,1-6,9H2,(H,18,21,22)(H2,19,20,23). The van der Waals surface area contributed by atoms with E-state index >= 15 is 0 Å². The number of hydrogen-bond donors (Lipinski definition) is 4. The zero-order valence-electron chi connectivity index (χ0n) is 13.7. The quantitative estimate of drug-likeness (QED) is 0.650. The number of nitrogens with one attached hydrogen (secondary N) is 3. The van der Waals surface area contributed by atoms with Gasteiger partial charge in [0.25, 0.3) is 0 Å². The van der Waals surface area contributed by atoms with Crippen molar-refractivity contribution >= 4 is 11.8 Å². The van der Waals surface area contributed by atoms with Crippen LogP contribution in [-0.2, 0) is 0 Å². The van der Waals surface area contributed by atoms with Crippen LogP contribution < -0.4 is 10.6 Å². The second-order valence-corrected chi connectivity index (χ2v) is 6.90. The highest BCUT2D eigenvalue weighted by atomic mass is 16.3. The Balaban J connectivity index is 1.45. The van der Waals surface area contributed by atoms with Crippen molar-refractivity contribution in [2.45, 2.75) is 50.7 Å². The molecule has 0 unspecified atom stereocenters. The number of anilines is 2. The van der Waals surface area contributed by atoms with Crippen LogP contribution in [0.3, 0.4) is 0 Å². The molecule has 7 heteroatoms. The lowest BCUT2D eigenvalue weighted by molar-refractivity contribution is 0.126. The molecule has 0 bridgehead atoms. The summed E-state index contributed by atoms with van der Waals surface area (Å²) < 4.78 is 0. The summed E-state index contributed by atoms with van der Waals surface area (Å²) in [6.45, 7) is 0.982. The van der Waals surface area contributed by atoms with Crippen molar-refractivity contribution in [2.24, 2.45) is 5.92 Å². The van der Waals surface area contributed by atoms with E-state index in [4.69, 9.17) is 0 Å². The van der Waals surface area contributed by atoms with Gasteiger partial charge < -0.3 is 15.7 Å². The second-order valence-electron chi connectivity index (χ2n) is 6.90. The van der Waals surface area contributed by atoms with Gasteiger partial charge in [0.2, 0.25) is 5.95 Å². The van der Waals surface area contributed by atoms with Crippen molar-refractivity contribution in [3.05, 3.63) is 18.5 Å². The van der Waals surface area contributed by atoms with Gasteiger partial charge in [0, 0.05) is 18.8 Å².